The first-order chi connectivity index (χ1) is 25.8. The highest BCUT2D eigenvalue weighted by Gasteiger charge is 2.38. The van der Waals surface area contributed by atoms with Crippen LogP contribution >= 0.6 is 11.6 Å². The van der Waals surface area contributed by atoms with Gasteiger partial charge in [0.25, 0.3) is 5.99 Å². The Morgan fingerprint density at radius 1 is 0.423 bits per heavy atom. The fourth-order valence-corrected chi connectivity index (χ4v) is 9.67. The molecule has 0 N–H and O–H groups in total. The Balaban J connectivity index is 1.02. The van der Waals surface area contributed by atoms with Crippen molar-refractivity contribution >= 4 is 50.3 Å². The summed E-state index contributed by atoms with van der Waals surface area (Å²) >= 11 is 1.94. The van der Waals surface area contributed by atoms with Crippen LogP contribution in [0.5, 0.6) is 11.5 Å². The molecule has 0 saturated carbocycles. The van der Waals surface area contributed by atoms with Crippen LogP contribution in [0, 0.1) is 0 Å². The normalized spacial score (nSPS) is 12.7. The number of nitrogens with zero attached hydrogens (tertiary/aromatic N) is 1. The summed E-state index contributed by atoms with van der Waals surface area (Å²) in [7, 11) is 0. The van der Waals surface area contributed by atoms with Crippen molar-refractivity contribution in [3.05, 3.63) is 182 Å². The highest BCUT2D eigenvalue weighted by Crippen LogP contribution is 2.45. The predicted octanol–water partition coefficient (Wildman–Crippen LogP) is 11.8. The second kappa shape index (κ2) is 11.7. The van der Waals surface area contributed by atoms with Gasteiger partial charge in [-0.25, -0.2) is 0 Å². The Hall–Kier alpha value is -6.23. The minimum Gasteiger partial charge on any atom is -0.458 e. The SMILES string of the molecule is c1ccc(-c2cccc(-c3ccc4c(c3)B3Sc5ccc(-c6ccccc6-n6c7ccccc7c7ccccc76)cc5-c5cccc(c53)O4)c2)cc1. The van der Waals surface area contributed by atoms with Gasteiger partial charge in [-0.05, 0) is 98.4 Å². The van der Waals surface area contributed by atoms with Crippen LogP contribution in [0.4, 0.5) is 0 Å². The van der Waals surface area contributed by atoms with Crippen LogP contribution in [0.15, 0.2) is 187 Å². The largest absolute Gasteiger partial charge is 0.458 e. The molecule has 9 aromatic rings. The van der Waals surface area contributed by atoms with Gasteiger partial charge >= 0.3 is 0 Å². The van der Waals surface area contributed by atoms with Gasteiger partial charge in [0.1, 0.15) is 11.5 Å². The fraction of sp³-hybridized carbons (Fsp3) is 0. The van der Waals surface area contributed by atoms with Crippen LogP contribution < -0.4 is 15.7 Å². The van der Waals surface area contributed by atoms with E-state index in [0.29, 0.717) is 0 Å². The molecule has 0 saturated heterocycles. The maximum atomic E-state index is 6.67. The predicted molar refractivity (Wildman–Crippen MR) is 220 cm³/mol. The van der Waals surface area contributed by atoms with E-state index in [-0.39, 0.29) is 5.99 Å². The lowest BCUT2D eigenvalue weighted by Crippen LogP contribution is -2.46. The van der Waals surface area contributed by atoms with Gasteiger partial charge in [0.05, 0.1) is 16.7 Å². The average molecular weight is 680 g/mol. The lowest BCUT2D eigenvalue weighted by Gasteiger charge is -2.32. The minimum absolute atomic E-state index is 0.135. The van der Waals surface area contributed by atoms with Gasteiger partial charge in [0.15, 0.2) is 0 Å². The Morgan fingerprint density at radius 2 is 1.06 bits per heavy atom. The lowest BCUT2D eigenvalue weighted by molar-refractivity contribution is 0.488. The van der Waals surface area contributed by atoms with Gasteiger partial charge in [-0.3, -0.25) is 0 Å². The zero-order chi connectivity index (χ0) is 34.2. The lowest BCUT2D eigenvalue weighted by atomic mass is 9.57. The quantitative estimate of drug-likeness (QED) is 0.172. The Kier molecular flexibility index (Phi) is 6.62. The number of hydrogen-bond donors (Lipinski definition) is 0. The van der Waals surface area contributed by atoms with Crippen LogP contribution in [0.3, 0.4) is 0 Å². The summed E-state index contributed by atoms with van der Waals surface area (Å²) in [6.07, 6.45) is 0. The molecule has 0 bridgehead atoms. The molecular formula is C48H30BNOS. The van der Waals surface area contributed by atoms with E-state index in [1.807, 2.05) is 11.6 Å². The molecule has 0 aliphatic carbocycles. The van der Waals surface area contributed by atoms with Crippen molar-refractivity contribution in [2.75, 3.05) is 0 Å². The highest BCUT2D eigenvalue weighted by molar-refractivity contribution is 8.28. The zero-order valence-electron chi connectivity index (χ0n) is 28.2. The van der Waals surface area contributed by atoms with Crippen molar-refractivity contribution in [1.29, 1.82) is 0 Å². The summed E-state index contributed by atoms with van der Waals surface area (Å²) in [4.78, 5) is 1.29. The number of ether oxygens (including phenoxy) is 1. The highest BCUT2D eigenvalue weighted by atomic mass is 32.2. The van der Waals surface area contributed by atoms with E-state index in [1.165, 1.54) is 87.8 Å². The molecule has 2 nitrogen and oxygen atoms in total. The first-order valence-corrected chi connectivity index (χ1v) is 18.7. The number of benzene rings is 8. The standard InChI is InChI=1S/C48H30BNOS/c1-2-12-31(13-3-1)32-14-10-15-33(28-32)34-24-26-45-41(30-34)49-48-39(19-11-23-46(48)51-45)40-29-35(25-27-47(40)52-49)36-16-4-7-20-42(36)50-43-21-8-5-17-37(43)38-18-6-9-22-44(38)50/h1-30H. The van der Waals surface area contributed by atoms with Crippen LogP contribution in [0.2, 0.25) is 0 Å². The van der Waals surface area contributed by atoms with Gasteiger partial charge in [-0.1, -0.05) is 133 Å². The molecule has 0 amide bonds. The first kappa shape index (κ1) is 29.5. The molecule has 0 spiro atoms. The first-order valence-electron chi connectivity index (χ1n) is 17.8. The molecule has 4 heteroatoms. The molecule has 2 aliphatic heterocycles. The molecule has 0 fully saturated rings. The number of fused-ring (bicyclic) bond motifs is 7. The molecule has 2 aliphatic rings. The van der Waals surface area contributed by atoms with Gasteiger partial charge in [-0.2, -0.15) is 11.6 Å². The van der Waals surface area contributed by atoms with Crippen molar-refractivity contribution in [2.24, 2.45) is 0 Å². The van der Waals surface area contributed by atoms with E-state index < -0.39 is 0 Å². The van der Waals surface area contributed by atoms with E-state index in [4.69, 9.17) is 4.74 Å². The number of rotatable bonds is 4. The smallest absolute Gasteiger partial charge is 0.289 e. The Labute approximate surface area is 307 Å². The van der Waals surface area contributed by atoms with Gasteiger partial charge in [0.2, 0.25) is 0 Å². The van der Waals surface area contributed by atoms with Crippen LogP contribution in [0.25, 0.3) is 72.0 Å². The summed E-state index contributed by atoms with van der Waals surface area (Å²) in [5, 5.41) is 2.54. The third-order valence-corrected chi connectivity index (χ3v) is 12.0. The summed E-state index contributed by atoms with van der Waals surface area (Å²) in [5.41, 5.74) is 15.8. The van der Waals surface area contributed by atoms with E-state index >= 15 is 0 Å². The van der Waals surface area contributed by atoms with Crippen LogP contribution in [0.1, 0.15) is 0 Å². The second-order valence-corrected chi connectivity index (χ2v) is 14.8. The maximum Gasteiger partial charge on any atom is 0.289 e. The second-order valence-electron chi connectivity index (χ2n) is 13.6. The third-order valence-electron chi connectivity index (χ3n) is 10.7. The van der Waals surface area contributed by atoms with Crippen molar-refractivity contribution in [3.63, 3.8) is 0 Å². The molecule has 0 radical (unpaired) electrons. The molecule has 242 valence electrons. The summed E-state index contributed by atoms with van der Waals surface area (Å²) < 4.78 is 9.09. The van der Waals surface area contributed by atoms with Crippen LogP contribution in [-0.4, -0.2) is 10.6 Å². The molecule has 0 unspecified atom stereocenters. The van der Waals surface area contributed by atoms with E-state index in [0.717, 1.165) is 11.5 Å². The van der Waals surface area contributed by atoms with Gasteiger partial charge in [0, 0.05) is 21.2 Å². The molecule has 11 rings (SSSR count). The number of aromatic nitrogens is 1. The Morgan fingerprint density at radius 3 is 1.88 bits per heavy atom. The number of para-hydroxylation sites is 3. The van der Waals surface area contributed by atoms with Gasteiger partial charge < -0.3 is 9.30 Å². The fourth-order valence-electron chi connectivity index (χ4n) is 8.30. The average Bonchev–Trinajstić information content (AvgIpc) is 3.55. The molecular weight excluding hydrogens is 649 g/mol. The van der Waals surface area contributed by atoms with Crippen molar-refractivity contribution in [2.45, 2.75) is 4.90 Å². The van der Waals surface area contributed by atoms with Crippen molar-refractivity contribution in [1.82, 2.24) is 4.57 Å². The zero-order valence-corrected chi connectivity index (χ0v) is 29.0. The van der Waals surface area contributed by atoms with Gasteiger partial charge in [-0.15, -0.1) is 0 Å². The minimum atomic E-state index is 0.135. The molecule has 8 aromatic carbocycles. The summed E-state index contributed by atoms with van der Waals surface area (Å²) in [6.45, 7) is 0. The topological polar surface area (TPSA) is 14.2 Å². The molecule has 52 heavy (non-hydrogen) atoms. The number of hydrogen-bond acceptors (Lipinski definition) is 2. The van der Waals surface area contributed by atoms with Crippen LogP contribution in [-0.2, 0) is 0 Å². The van der Waals surface area contributed by atoms with E-state index in [9.17, 15) is 0 Å². The van der Waals surface area contributed by atoms with Crippen molar-refractivity contribution in [3.8, 4) is 61.7 Å². The molecule has 0 atom stereocenters. The summed E-state index contributed by atoms with van der Waals surface area (Å²) in [5.74, 6) is 2.02. The summed E-state index contributed by atoms with van der Waals surface area (Å²) in [6, 6.07) is 66.0. The van der Waals surface area contributed by atoms with E-state index in [2.05, 4.69) is 187 Å². The third kappa shape index (κ3) is 4.54. The maximum absolute atomic E-state index is 6.67. The monoisotopic (exact) mass is 679 g/mol. The molecule has 1 aromatic heterocycles. The molecule has 3 heterocycles. The Bertz CT molecular complexity index is 2820. The van der Waals surface area contributed by atoms with Crippen molar-refractivity contribution < 1.29 is 4.74 Å². The van der Waals surface area contributed by atoms with E-state index in [1.54, 1.807) is 0 Å².